The first-order valence-electron chi connectivity index (χ1n) is 5.52. The van der Waals surface area contributed by atoms with E-state index in [4.69, 9.17) is 10.8 Å². The first-order chi connectivity index (χ1) is 9.47. The highest BCUT2D eigenvalue weighted by atomic mass is 19.1. The summed E-state index contributed by atoms with van der Waals surface area (Å²) in [6.45, 7) is 0. The average molecular weight is 275 g/mol. The Labute approximate surface area is 113 Å². The lowest BCUT2D eigenvalue weighted by Crippen LogP contribution is -2.15. The zero-order chi connectivity index (χ0) is 14.7. The molecule has 1 amide bonds. The van der Waals surface area contributed by atoms with Crippen molar-refractivity contribution in [2.75, 3.05) is 11.1 Å². The third-order valence-electron chi connectivity index (χ3n) is 2.50. The lowest BCUT2D eigenvalue weighted by Gasteiger charge is -2.07. The van der Waals surface area contributed by atoms with Crippen molar-refractivity contribution in [1.29, 1.82) is 0 Å². The SMILES string of the molecule is Nc1ccc(F)cc1C(=O)Nc1cncc(C(=O)O)c1. The van der Waals surface area contributed by atoms with Gasteiger partial charge in [-0.15, -0.1) is 0 Å². The van der Waals surface area contributed by atoms with Gasteiger partial charge in [-0.1, -0.05) is 0 Å². The fourth-order valence-electron chi connectivity index (χ4n) is 1.55. The van der Waals surface area contributed by atoms with E-state index in [0.717, 1.165) is 18.3 Å². The molecule has 20 heavy (non-hydrogen) atoms. The smallest absolute Gasteiger partial charge is 0.337 e. The minimum Gasteiger partial charge on any atom is -0.478 e. The van der Waals surface area contributed by atoms with E-state index in [1.165, 1.54) is 18.3 Å². The van der Waals surface area contributed by atoms with Crippen LogP contribution in [0.25, 0.3) is 0 Å². The van der Waals surface area contributed by atoms with E-state index >= 15 is 0 Å². The van der Waals surface area contributed by atoms with Gasteiger partial charge in [-0.2, -0.15) is 0 Å². The van der Waals surface area contributed by atoms with Crippen LogP contribution in [-0.4, -0.2) is 22.0 Å². The van der Waals surface area contributed by atoms with Gasteiger partial charge in [0.15, 0.2) is 0 Å². The molecule has 7 heteroatoms. The number of aromatic carboxylic acids is 1. The number of nitrogen functional groups attached to an aromatic ring is 1. The second-order valence-electron chi connectivity index (χ2n) is 3.95. The maximum atomic E-state index is 13.1. The van der Waals surface area contributed by atoms with Gasteiger partial charge in [0.05, 0.1) is 23.0 Å². The Kier molecular flexibility index (Phi) is 3.60. The molecule has 0 spiro atoms. The van der Waals surface area contributed by atoms with Crippen molar-refractivity contribution in [3.8, 4) is 0 Å². The number of halogens is 1. The van der Waals surface area contributed by atoms with Gasteiger partial charge in [0, 0.05) is 11.9 Å². The number of benzene rings is 1. The highest BCUT2D eigenvalue weighted by Crippen LogP contribution is 2.16. The van der Waals surface area contributed by atoms with E-state index in [2.05, 4.69) is 10.3 Å². The first-order valence-corrected chi connectivity index (χ1v) is 5.52. The fourth-order valence-corrected chi connectivity index (χ4v) is 1.55. The largest absolute Gasteiger partial charge is 0.478 e. The summed E-state index contributed by atoms with van der Waals surface area (Å²) in [6, 6.07) is 4.65. The number of carbonyl (C=O) groups excluding carboxylic acids is 1. The first kappa shape index (κ1) is 13.5. The molecule has 0 fully saturated rings. The maximum absolute atomic E-state index is 13.1. The Bertz CT molecular complexity index is 688. The standard InChI is InChI=1S/C13H10FN3O3/c14-8-1-2-11(15)10(4-8)12(18)17-9-3-7(13(19)20)5-16-6-9/h1-6H,15H2,(H,17,18)(H,19,20). The summed E-state index contributed by atoms with van der Waals surface area (Å²) in [5, 5.41) is 11.2. The van der Waals surface area contributed by atoms with Crippen LogP contribution in [0.2, 0.25) is 0 Å². The molecule has 1 aromatic carbocycles. The average Bonchev–Trinajstić information content (AvgIpc) is 2.41. The number of carboxylic acid groups (broad SMARTS) is 1. The molecule has 0 atom stereocenters. The van der Waals surface area contributed by atoms with Crippen LogP contribution in [-0.2, 0) is 0 Å². The summed E-state index contributed by atoms with van der Waals surface area (Å²) in [5.41, 5.74) is 5.77. The molecular formula is C13H10FN3O3. The van der Waals surface area contributed by atoms with Crippen LogP contribution in [0.1, 0.15) is 20.7 Å². The van der Waals surface area contributed by atoms with Crippen LogP contribution in [0, 0.1) is 5.82 Å². The van der Waals surface area contributed by atoms with Crippen LogP contribution < -0.4 is 11.1 Å². The summed E-state index contributed by atoms with van der Waals surface area (Å²) in [7, 11) is 0. The van der Waals surface area contributed by atoms with Gasteiger partial charge in [-0.05, 0) is 24.3 Å². The number of hydrogen-bond donors (Lipinski definition) is 3. The molecule has 0 saturated carbocycles. The minimum absolute atomic E-state index is 0.0364. The van der Waals surface area contributed by atoms with Gasteiger partial charge in [-0.25, -0.2) is 9.18 Å². The van der Waals surface area contributed by atoms with Crippen molar-refractivity contribution in [3.63, 3.8) is 0 Å². The number of anilines is 2. The Morgan fingerprint density at radius 2 is 2.00 bits per heavy atom. The second kappa shape index (κ2) is 5.35. The number of pyridine rings is 1. The van der Waals surface area contributed by atoms with E-state index in [-0.39, 0.29) is 22.5 Å². The zero-order valence-electron chi connectivity index (χ0n) is 10.1. The Balaban J connectivity index is 2.25. The molecule has 2 rings (SSSR count). The van der Waals surface area contributed by atoms with Gasteiger partial charge >= 0.3 is 5.97 Å². The van der Waals surface area contributed by atoms with Gasteiger partial charge in [-0.3, -0.25) is 9.78 Å². The molecule has 0 saturated heterocycles. The molecule has 1 heterocycles. The molecule has 6 nitrogen and oxygen atoms in total. The van der Waals surface area contributed by atoms with Crippen LogP contribution in [0.4, 0.5) is 15.8 Å². The van der Waals surface area contributed by atoms with Gasteiger partial charge in [0.2, 0.25) is 0 Å². The molecule has 0 aliphatic carbocycles. The number of nitrogens with two attached hydrogens (primary N) is 1. The Morgan fingerprint density at radius 1 is 1.25 bits per heavy atom. The van der Waals surface area contributed by atoms with E-state index in [1.54, 1.807) is 0 Å². The quantitative estimate of drug-likeness (QED) is 0.740. The van der Waals surface area contributed by atoms with E-state index in [0.29, 0.717) is 0 Å². The van der Waals surface area contributed by atoms with Crippen molar-refractivity contribution in [3.05, 3.63) is 53.6 Å². The third-order valence-corrected chi connectivity index (χ3v) is 2.50. The Hall–Kier alpha value is -2.96. The number of carbonyl (C=O) groups is 2. The molecule has 4 N–H and O–H groups in total. The Morgan fingerprint density at radius 3 is 2.70 bits per heavy atom. The van der Waals surface area contributed by atoms with E-state index in [1.807, 2.05) is 0 Å². The molecular weight excluding hydrogens is 265 g/mol. The molecule has 1 aromatic heterocycles. The number of nitrogens with one attached hydrogen (secondary N) is 1. The van der Waals surface area contributed by atoms with Gasteiger partial charge < -0.3 is 16.2 Å². The van der Waals surface area contributed by atoms with Crippen molar-refractivity contribution in [2.45, 2.75) is 0 Å². The third kappa shape index (κ3) is 2.89. The molecule has 0 unspecified atom stereocenters. The van der Waals surface area contributed by atoms with Crippen molar-refractivity contribution in [2.24, 2.45) is 0 Å². The van der Waals surface area contributed by atoms with Gasteiger partial charge in [0.25, 0.3) is 5.91 Å². The predicted octanol–water partition coefficient (Wildman–Crippen LogP) is 1.75. The fraction of sp³-hybridized carbons (Fsp3) is 0. The number of rotatable bonds is 3. The molecule has 0 aliphatic heterocycles. The zero-order valence-corrected chi connectivity index (χ0v) is 10.1. The topological polar surface area (TPSA) is 105 Å². The number of carboxylic acids is 1. The highest BCUT2D eigenvalue weighted by molar-refractivity contribution is 6.08. The predicted molar refractivity (Wildman–Crippen MR) is 70.0 cm³/mol. The molecule has 2 aromatic rings. The summed E-state index contributed by atoms with van der Waals surface area (Å²) >= 11 is 0. The molecule has 0 bridgehead atoms. The molecule has 102 valence electrons. The lowest BCUT2D eigenvalue weighted by molar-refractivity contribution is 0.0696. The minimum atomic E-state index is -1.17. The molecule has 0 aliphatic rings. The van der Waals surface area contributed by atoms with Crippen LogP contribution in [0.15, 0.2) is 36.7 Å². The van der Waals surface area contributed by atoms with Gasteiger partial charge in [0.1, 0.15) is 5.82 Å². The van der Waals surface area contributed by atoms with Crippen LogP contribution in [0.5, 0.6) is 0 Å². The summed E-state index contributed by atoms with van der Waals surface area (Å²) in [6.07, 6.45) is 2.42. The number of hydrogen-bond acceptors (Lipinski definition) is 4. The van der Waals surface area contributed by atoms with Crippen molar-refractivity contribution >= 4 is 23.3 Å². The number of nitrogens with zero attached hydrogens (tertiary/aromatic N) is 1. The number of amides is 1. The van der Waals surface area contributed by atoms with Crippen LogP contribution >= 0.6 is 0 Å². The maximum Gasteiger partial charge on any atom is 0.337 e. The monoisotopic (exact) mass is 275 g/mol. The summed E-state index contributed by atoms with van der Waals surface area (Å²) in [5.74, 6) is -2.41. The van der Waals surface area contributed by atoms with E-state index < -0.39 is 17.7 Å². The highest BCUT2D eigenvalue weighted by Gasteiger charge is 2.12. The summed E-state index contributed by atoms with van der Waals surface area (Å²) in [4.78, 5) is 26.4. The summed E-state index contributed by atoms with van der Waals surface area (Å²) < 4.78 is 13.1. The van der Waals surface area contributed by atoms with E-state index in [9.17, 15) is 14.0 Å². The second-order valence-corrected chi connectivity index (χ2v) is 3.95. The van der Waals surface area contributed by atoms with Crippen molar-refractivity contribution in [1.82, 2.24) is 4.98 Å². The normalized spacial score (nSPS) is 10.1. The van der Waals surface area contributed by atoms with Crippen molar-refractivity contribution < 1.29 is 19.1 Å². The molecule has 0 radical (unpaired) electrons. The van der Waals surface area contributed by atoms with Crippen LogP contribution in [0.3, 0.4) is 0 Å². The lowest BCUT2D eigenvalue weighted by atomic mass is 10.1. The number of aromatic nitrogens is 1.